The molecule has 27 heavy (non-hydrogen) atoms. The average Bonchev–Trinajstić information content (AvgIpc) is 3.12. The van der Waals surface area contributed by atoms with Gasteiger partial charge in [0.05, 0.1) is 0 Å². The van der Waals surface area contributed by atoms with E-state index >= 15 is 0 Å². The van der Waals surface area contributed by atoms with Crippen LogP contribution in [0.25, 0.3) is 0 Å². The van der Waals surface area contributed by atoms with Crippen LogP contribution < -0.4 is 10.6 Å². The Balaban J connectivity index is 1.52. The number of pyridine rings is 1. The van der Waals surface area contributed by atoms with Crippen molar-refractivity contribution in [2.75, 3.05) is 5.32 Å². The zero-order chi connectivity index (χ0) is 19.1. The van der Waals surface area contributed by atoms with Crippen LogP contribution in [0.15, 0.2) is 53.2 Å². The Morgan fingerprint density at radius 1 is 1.15 bits per heavy atom. The van der Waals surface area contributed by atoms with E-state index in [9.17, 15) is 4.79 Å². The number of benzene rings is 1. The summed E-state index contributed by atoms with van der Waals surface area (Å²) in [4.78, 5) is 20.7. The molecular weight excluding hydrogens is 342 g/mol. The van der Waals surface area contributed by atoms with Gasteiger partial charge in [-0.3, -0.25) is 4.98 Å². The van der Waals surface area contributed by atoms with Gasteiger partial charge in [-0.05, 0) is 56.0 Å². The molecule has 0 saturated heterocycles. The van der Waals surface area contributed by atoms with E-state index in [1.54, 1.807) is 13.1 Å². The molecule has 1 aromatic carbocycles. The molecule has 1 atom stereocenters. The number of anilines is 1. The van der Waals surface area contributed by atoms with Crippen LogP contribution in [-0.2, 0) is 12.8 Å². The summed E-state index contributed by atoms with van der Waals surface area (Å²) in [6.07, 6.45) is 4.25. The lowest BCUT2D eigenvalue weighted by atomic mass is 10.1. The fourth-order valence-corrected chi connectivity index (χ4v) is 2.69. The molecule has 0 aliphatic heterocycles. The van der Waals surface area contributed by atoms with Crippen LogP contribution in [0.4, 0.5) is 10.5 Å². The summed E-state index contributed by atoms with van der Waals surface area (Å²) >= 11 is 0. The van der Waals surface area contributed by atoms with Gasteiger partial charge in [0.1, 0.15) is 6.04 Å². The van der Waals surface area contributed by atoms with Gasteiger partial charge in [-0.15, -0.1) is 0 Å². The molecule has 3 aromatic rings. The van der Waals surface area contributed by atoms with Crippen molar-refractivity contribution in [3.8, 4) is 0 Å². The molecule has 0 aliphatic carbocycles. The first-order valence-electron chi connectivity index (χ1n) is 9.00. The highest BCUT2D eigenvalue weighted by Crippen LogP contribution is 2.15. The highest BCUT2D eigenvalue weighted by Gasteiger charge is 2.18. The first kappa shape index (κ1) is 18.6. The molecule has 7 nitrogen and oxygen atoms in total. The number of nitrogens with zero attached hydrogens (tertiary/aromatic N) is 3. The van der Waals surface area contributed by atoms with Gasteiger partial charge in [-0.1, -0.05) is 30.3 Å². The first-order valence-corrected chi connectivity index (χ1v) is 9.00. The summed E-state index contributed by atoms with van der Waals surface area (Å²) in [5.74, 6) is 0.960. The molecule has 7 heteroatoms. The van der Waals surface area contributed by atoms with Crippen molar-refractivity contribution in [1.29, 1.82) is 0 Å². The minimum Gasteiger partial charge on any atom is -0.337 e. The Bertz CT molecular complexity index is 862. The third-order valence-electron chi connectivity index (χ3n) is 4.16. The number of urea groups is 1. The quantitative estimate of drug-likeness (QED) is 0.664. The van der Waals surface area contributed by atoms with Crippen LogP contribution in [-0.4, -0.2) is 21.2 Å². The molecule has 2 amide bonds. The minimum atomic E-state index is -0.316. The lowest BCUT2D eigenvalue weighted by molar-refractivity contribution is 0.243. The molecule has 140 valence electrons. The molecule has 3 rings (SSSR count). The Labute approximate surface area is 158 Å². The van der Waals surface area contributed by atoms with Crippen LogP contribution in [0.5, 0.6) is 0 Å². The highest BCUT2D eigenvalue weighted by molar-refractivity contribution is 5.89. The molecule has 1 unspecified atom stereocenters. The van der Waals surface area contributed by atoms with Crippen molar-refractivity contribution in [1.82, 2.24) is 20.4 Å². The minimum absolute atomic E-state index is 0.307. The maximum Gasteiger partial charge on any atom is 0.319 e. The van der Waals surface area contributed by atoms with E-state index in [1.165, 1.54) is 5.56 Å². The van der Waals surface area contributed by atoms with Crippen molar-refractivity contribution >= 4 is 11.7 Å². The first-order chi connectivity index (χ1) is 13.1. The molecular formula is C20H23N5O2. The Morgan fingerprint density at radius 2 is 1.96 bits per heavy atom. The SMILES string of the molecule is CCC(NC(=O)Nc1ccc(CCc2ccccn2)cc1)c1nc(C)no1. The largest absolute Gasteiger partial charge is 0.337 e. The summed E-state index contributed by atoms with van der Waals surface area (Å²) in [7, 11) is 0. The smallest absolute Gasteiger partial charge is 0.319 e. The summed E-state index contributed by atoms with van der Waals surface area (Å²) < 4.78 is 5.14. The molecule has 0 aliphatic rings. The van der Waals surface area contributed by atoms with Crippen LogP contribution in [0.3, 0.4) is 0 Å². The van der Waals surface area contributed by atoms with Crippen LogP contribution in [0.2, 0.25) is 0 Å². The van der Waals surface area contributed by atoms with Gasteiger partial charge in [0.2, 0.25) is 5.89 Å². The van der Waals surface area contributed by atoms with Crippen molar-refractivity contribution in [3.05, 3.63) is 71.6 Å². The summed E-state index contributed by atoms with van der Waals surface area (Å²) in [5, 5.41) is 9.45. The standard InChI is InChI=1S/C20H23N5O2/c1-3-18(19-22-14(2)25-27-19)24-20(26)23-17-11-8-15(9-12-17)7-10-16-6-4-5-13-21-16/h4-6,8-9,11-13,18H,3,7,10H2,1-2H3,(H2,23,24,26). The number of aromatic nitrogens is 3. The fourth-order valence-electron chi connectivity index (χ4n) is 2.69. The molecule has 0 radical (unpaired) electrons. The van der Waals surface area contributed by atoms with E-state index in [1.807, 2.05) is 49.4 Å². The Kier molecular flexibility index (Phi) is 6.14. The predicted octanol–water partition coefficient (Wildman–Crippen LogP) is 3.83. The number of carbonyl (C=O) groups excluding carboxylic acids is 1. The van der Waals surface area contributed by atoms with Crippen molar-refractivity contribution in [2.24, 2.45) is 0 Å². The maximum atomic E-state index is 12.2. The van der Waals surface area contributed by atoms with Crippen LogP contribution >= 0.6 is 0 Å². The number of amides is 2. The van der Waals surface area contributed by atoms with E-state index in [0.717, 1.165) is 24.2 Å². The second-order valence-electron chi connectivity index (χ2n) is 6.26. The topological polar surface area (TPSA) is 92.9 Å². The van der Waals surface area contributed by atoms with Crippen molar-refractivity contribution in [2.45, 2.75) is 39.2 Å². The molecule has 0 spiro atoms. The number of carbonyl (C=O) groups is 1. The number of nitrogens with one attached hydrogen (secondary N) is 2. The van der Waals surface area contributed by atoms with Gasteiger partial charge >= 0.3 is 6.03 Å². The van der Waals surface area contributed by atoms with Gasteiger partial charge in [-0.25, -0.2) is 4.79 Å². The number of aryl methyl sites for hydroxylation is 3. The van der Waals surface area contributed by atoms with E-state index in [2.05, 4.69) is 25.8 Å². The second kappa shape index (κ2) is 8.93. The van der Waals surface area contributed by atoms with E-state index < -0.39 is 0 Å². The summed E-state index contributed by atoms with van der Waals surface area (Å²) in [5.41, 5.74) is 2.99. The Hall–Kier alpha value is -3.22. The second-order valence-corrected chi connectivity index (χ2v) is 6.26. The number of hydrogen-bond donors (Lipinski definition) is 2. The highest BCUT2D eigenvalue weighted by atomic mass is 16.5. The number of hydrogen-bond acceptors (Lipinski definition) is 5. The predicted molar refractivity (Wildman–Crippen MR) is 102 cm³/mol. The van der Waals surface area contributed by atoms with E-state index in [0.29, 0.717) is 18.1 Å². The summed E-state index contributed by atoms with van der Waals surface area (Å²) in [6.45, 7) is 3.69. The molecule has 0 bridgehead atoms. The lowest BCUT2D eigenvalue weighted by Crippen LogP contribution is -2.32. The van der Waals surface area contributed by atoms with Crippen LogP contribution in [0, 0.1) is 6.92 Å². The Morgan fingerprint density at radius 3 is 2.59 bits per heavy atom. The average molecular weight is 365 g/mol. The van der Waals surface area contributed by atoms with Gasteiger partial charge in [0, 0.05) is 17.6 Å². The van der Waals surface area contributed by atoms with E-state index in [4.69, 9.17) is 4.52 Å². The third-order valence-corrected chi connectivity index (χ3v) is 4.16. The van der Waals surface area contributed by atoms with Crippen LogP contribution in [0.1, 0.15) is 42.4 Å². The van der Waals surface area contributed by atoms with Gasteiger partial charge < -0.3 is 15.2 Å². The molecule has 2 aromatic heterocycles. The van der Waals surface area contributed by atoms with Crippen molar-refractivity contribution in [3.63, 3.8) is 0 Å². The fraction of sp³-hybridized carbons (Fsp3) is 0.300. The molecule has 0 saturated carbocycles. The van der Waals surface area contributed by atoms with Gasteiger partial charge in [-0.2, -0.15) is 4.98 Å². The van der Waals surface area contributed by atoms with Gasteiger partial charge in [0.25, 0.3) is 0 Å². The monoisotopic (exact) mass is 365 g/mol. The lowest BCUT2D eigenvalue weighted by Gasteiger charge is -2.14. The molecule has 0 fully saturated rings. The molecule has 2 heterocycles. The third kappa shape index (κ3) is 5.37. The van der Waals surface area contributed by atoms with Crippen molar-refractivity contribution < 1.29 is 9.32 Å². The number of rotatable bonds is 7. The van der Waals surface area contributed by atoms with E-state index in [-0.39, 0.29) is 12.1 Å². The zero-order valence-electron chi connectivity index (χ0n) is 15.5. The normalized spacial score (nSPS) is 11.8. The molecule has 2 N–H and O–H groups in total. The van der Waals surface area contributed by atoms with Gasteiger partial charge in [0.15, 0.2) is 5.82 Å². The summed E-state index contributed by atoms with van der Waals surface area (Å²) in [6, 6.07) is 13.1. The maximum absolute atomic E-state index is 12.2. The zero-order valence-corrected chi connectivity index (χ0v) is 15.5.